The average molecular weight is 366 g/mol. The summed E-state index contributed by atoms with van der Waals surface area (Å²) in [4.78, 5) is 24.0. The lowest BCUT2D eigenvalue weighted by atomic mass is 9.97. The summed E-state index contributed by atoms with van der Waals surface area (Å²) >= 11 is 0. The van der Waals surface area contributed by atoms with E-state index in [2.05, 4.69) is 15.2 Å². The Morgan fingerprint density at radius 2 is 2.07 bits per heavy atom. The van der Waals surface area contributed by atoms with Gasteiger partial charge in [0.1, 0.15) is 5.76 Å². The molecule has 1 amide bonds. The van der Waals surface area contributed by atoms with E-state index >= 15 is 0 Å². The number of piperidine rings is 1. The highest BCUT2D eigenvalue weighted by molar-refractivity contribution is 5.80. The minimum atomic E-state index is -0.105. The smallest absolute Gasteiger partial charge is 0.257 e. The maximum Gasteiger partial charge on any atom is 0.257 e. The summed E-state index contributed by atoms with van der Waals surface area (Å²) in [5.41, 5.74) is 1.61. The molecule has 1 fully saturated rings. The molecule has 1 aromatic carbocycles. The molecule has 0 spiro atoms. The molecule has 3 heterocycles. The summed E-state index contributed by atoms with van der Waals surface area (Å²) in [6.07, 6.45) is 3.37. The van der Waals surface area contributed by atoms with E-state index in [1.54, 1.807) is 13.4 Å². The Morgan fingerprint density at radius 3 is 2.81 bits per heavy atom. The van der Waals surface area contributed by atoms with Crippen LogP contribution in [0.5, 0.6) is 5.88 Å². The zero-order chi connectivity index (χ0) is 18.6. The lowest BCUT2D eigenvalue weighted by Crippen LogP contribution is -2.43. The first-order valence-corrected chi connectivity index (χ1v) is 9.10. The van der Waals surface area contributed by atoms with Crippen molar-refractivity contribution < 1.29 is 13.9 Å². The third-order valence-electron chi connectivity index (χ3n) is 4.82. The van der Waals surface area contributed by atoms with Crippen molar-refractivity contribution in [2.45, 2.75) is 19.4 Å². The van der Waals surface area contributed by atoms with Crippen LogP contribution in [0.2, 0.25) is 0 Å². The molecule has 4 rings (SSSR count). The molecule has 0 bridgehead atoms. The molecule has 0 aliphatic carbocycles. The molecule has 1 N–H and O–H groups in total. The Balaban J connectivity index is 1.50. The maximum absolute atomic E-state index is 12.6. The van der Waals surface area contributed by atoms with Gasteiger partial charge in [0.15, 0.2) is 5.82 Å². The van der Waals surface area contributed by atoms with Crippen molar-refractivity contribution in [3.05, 3.63) is 48.4 Å². The summed E-state index contributed by atoms with van der Waals surface area (Å²) in [6, 6.07) is 11.4. The number of rotatable bonds is 5. The molecular formula is C20H22N4O3. The molecule has 140 valence electrons. The Hall–Kier alpha value is -3.09. The fraction of sp³-hybridized carbons (Fsp3) is 0.350. The number of carbonyl (C=O) groups is 1. The van der Waals surface area contributed by atoms with Crippen LogP contribution in [0.25, 0.3) is 11.0 Å². The molecule has 0 radical (unpaired) electrons. The first-order chi connectivity index (χ1) is 13.2. The molecule has 0 unspecified atom stereocenters. The highest BCUT2D eigenvalue weighted by Crippen LogP contribution is 2.30. The maximum atomic E-state index is 12.6. The van der Waals surface area contributed by atoms with Crippen LogP contribution >= 0.6 is 0 Å². The third-order valence-corrected chi connectivity index (χ3v) is 4.82. The van der Waals surface area contributed by atoms with E-state index in [4.69, 9.17) is 14.1 Å². The Kier molecular flexibility index (Phi) is 4.91. The van der Waals surface area contributed by atoms with Gasteiger partial charge in [0.05, 0.1) is 36.9 Å². The summed E-state index contributed by atoms with van der Waals surface area (Å²) in [5, 5.41) is 2.96. The van der Waals surface area contributed by atoms with Gasteiger partial charge < -0.3 is 19.4 Å². The molecule has 1 atom stereocenters. The van der Waals surface area contributed by atoms with Crippen molar-refractivity contribution in [3.8, 4) is 5.88 Å². The highest BCUT2D eigenvalue weighted by atomic mass is 16.5. The predicted octanol–water partition coefficient (Wildman–Crippen LogP) is 2.76. The van der Waals surface area contributed by atoms with Gasteiger partial charge in [-0.2, -0.15) is 0 Å². The number of methoxy groups -OCH3 is 1. The number of para-hydroxylation sites is 2. The Morgan fingerprint density at radius 1 is 1.26 bits per heavy atom. The van der Waals surface area contributed by atoms with Crippen molar-refractivity contribution in [1.82, 2.24) is 15.3 Å². The molecule has 7 heteroatoms. The molecular weight excluding hydrogens is 344 g/mol. The number of carbonyl (C=O) groups excluding carboxylic acids is 1. The van der Waals surface area contributed by atoms with Gasteiger partial charge >= 0.3 is 0 Å². The fourth-order valence-corrected chi connectivity index (χ4v) is 3.43. The van der Waals surface area contributed by atoms with Gasteiger partial charge in [0.2, 0.25) is 5.91 Å². The van der Waals surface area contributed by atoms with Gasteiger partial charge in [-0.3, -0.25) is 4.79 Å². The lowest BCUT2D eigenvalue weighted by Gasteiger charge is -2.33. The van der Waals surface area contributed by atoms with Crippen LogP contribution < -0.4 is 15.0 Å². The molecule has 1 saturated heterocycles. The summed E-state index contributed by atoms with van der Waals surface area (Å²) in [5.74, 6) is 1.86. The van der Waals surface area contributed by atoms with E-state index < -0.39 is 0 Å². The van der Waals surface area contributed by atoms with E-state index in [1.807, 2.05) is 36.4 Å². The number of hydrogen-bond acceptors (Lipinski definition) is 6. The lowest BCUT2D eigenvalue weighted by molar-refractivity contribution is -0.125. The number of benzene rings is 1. The second kappa shape index (κ2) is 7.65. The van der Waals surface area contributed by atoms with Crippen molar-refractivity contribution in [2.75, 3.05) is 25.1 Å². The molecule has 7 nitrogen and oxygen atoms in total. The number of fused-ring (bicyclic) bond motifs is 1. The van der Waals surface area contributed by atoms with Crippen molar-refractivity contribution >= 4 is 22.8 Å². The van der Waals surface area contributed by atoms with E-state index in [-0.39, 0.29) is 11.8 Å². The minimum absolute atomic E-state index is 0.0313. The van der Waals surface area contributed by atoms with Crippen molar-refractivity contribution in [2.24, 2.45) is 5.92 Å². The largest absolute Gasteiger partial charge is 0.478 e. The highest BCUT2D eigenvalue weighted by Gasteiger charge is 2.28. The minimum Gasteiger partial charge on any atom is -0.478 e. The molecule has 0 saturated carbocycles. The van der Waals surface area contributed by atoms with Gasteiger partial charge in [-0.1, -0.05) is 12.1 Å². The van der Waals surface area contributed by atoms with Crippen LogP contribution in [0, 0.1) is 5.92 Å². The number of furan rings is 1. The van der Waals surface area contributed by atoms with Crippen LogP contribution in [-0.2, 0) is 11.3 Å². The monoisotopic (exact) mass is 366 g/mol. The van der Waals surface area contributed by atoms with Crippen molar-refractivity contribution in [3.63, 3.8) is 0 Å². The van der Waals surface area contributed by atoms with Gasteiger partial charge in [0, 0.05) is 13.1 Å². The third kappa shape index (κ3) is 3.72. The average Bonchev–Trinajstić information content (AvgIpc) is 3.24. The molecule has 2 aromatic heterocycles. The number of ether oxygens (including phenoxy) is 1. The predicted molar refractivity (Wildman–Crippen MR) is 102 cm³/mol. The second-order valence-electron chi connectivity index (χ2n) is 6.63. The Labute approximate surface area is 157 Å². The van der Waals surface area contributed by atoms with Crippen molar-refractivity contribution in [1.29, 1.82) is 0 Å². The van der Waals surface area contributed by atoms with E-state index in [0.717, 1.165) is 36.2 Å². The van der Waals surface area contributed by atoms with E-state index in [9.17, 15) is 4.79 Å². The zero-order valence-corrected chi connectivity index (χ0v) is 15.2. The van der Waals surface area contributed by atoms with Crippen LogP contribution in [0.4, 0.5) is 5.82 Å². The standard InChI is InChI=1S/C20H22N4O3/c1-26-20-18(22-16-8-2-3-9-17(16)23-20)24-10-4-6-14(13-24)19(25)21-12-15-7-5-11-27-15/h2-3,5,7-9,11,14H,4,6,10,12-13H2,1H3,(H,21,25)/t14-/m0/s1. The van der Waals surface area contributed by atoms with Gasteiger partial charge in [-0.15, -0.1) is 0 Å². The van der Waals surface area contributed by atoms with E-state index in [0.29, 0.717) is 24.8 Å². The zero-order valence-electron chi connectivity index (χ0n) is 15.2. The topological polar surface area (TPSA) is 80.5 Å². The number of amides is 1. The SMILES string of the molecule is COc1nc2ccccc2nc1N1CCC[C@H](C(=O)NCc2ccco2)C1. The number of aromatic nitrogens is 2. The molecule has 27 heavy (non-hydrogen) atoms. The van der Waals surface area contributed by atoms with Gasteiger partial charge in [-0.05, 0) is 37.1 Å². The van der Waals surface area contributed by atoms with Crippen LogP contribution in [0.3, 0.4) is 0 Å². The molecule has 1 aliphatic rings. The normalized spacial score (nSPS) is 17.1. The first-order valence-electron chi connectivity index (χ1n) is 9.10. The summed E-state index contributed by atoms with van der Waals surface area (Å²) in [6.45, 7) is 1.82. The fourth-order valence-electron chi connectivity index (χ4n) is 3.43. The first kappa shape index (κ1) is 17.3. The quantitative estimate of drug-likeness (QED) is 0.748. The Bertz CT molecular complexity index is 926. The number of nitrogens with zero attached hydrogens (tertiary/aromatic N) is 3. The van der Waals surface area contributed by atoms with Crippen LogP contribution in [-0.4, -0.2) is 36.1 Å². The second-order valence-corrected chi connectivity index (χ2v) is 6.63. The van der Waals surface area contributed by atoms with Gasteiger partial charge in [-0.25, -0.2) is 9.97 Å². The van der Waals surface area contributed by atoms with Crippen LogP contribution in [0.1, 0.15) is 18.6 Å². The van der Waals surface area contributed by atoms with Gasteiger partial charge in [0.25, 0.3) is 5.88 Å². The number of anilines is 1. The number of nitrogens with one attached hydrogen (secondary N) is 1. The molecule has 3 aromatic rings. The molecule has 1 aliphatic heterocycles. The summed E-state index contributed by atoms with van der Waals surface area (Å²) in [7, 11) is 1.60. The summed E-state index contributed by atoms with van der Waals surface area (Å²) < 4.78 is 10.7. The number of hydrogen-bond donors (Lipinski definition) is 1. The van der Waals surface area contributed by atoms with E-state index in [1.165, 1.54) is 0 Å². The van der Waals surface area contributed by atoms with Crippen LogP contribution in [0.15, 0.2) is 47.1 Å².